The highest BCUT2D eigenvalue weighted by atomic mass is 19.4. The molecule has 2 nitrogen and oxygen atoms in total. The van der Waals surface area contributed by atoms with Gasteiger partial charge in [0, 0.05) is 6.04 Å². The standard InChI is InChI=1S/C13H16F3NO/c1-9(10-4-3-5-11(8-10)18-2)17-12(6-7-12)13(14,15)16/h3-5,8-9,17H,6-7H2,1-2H3. The van der Waals surface area contributed by atoms with E-state index >= 15 is 0 Å². The third-order valence-corrected chi connectivity index (χ3v) is 3.38. The van der Waals surface area contributed by atoms with Crippen LogP contribution in [-0.2, 0) is 0 Å². The van der Waals surface area contributed by atoms with Crippen LogP contribution in [0.3, 0.4) is 0 Å². The molecule has 1 aromatic rings. The van der Waals surface area contributed by atoms with Crippen molar-refractivity contribution >= 4 is 0 Å². The van der Waals surface area contributed by atoms with E-state index in [1.165, 1.54) is 7.11 Å². The van der Waals surface area contributed by atoms with E-state index in [1.54, 1.807) is 31.2 Å². The van der Waals surface area contributed by atoms with Crippen molar-refractivity contribution in [3.05, 3.63) is 29.8 Å². The Bertz CT molecular complexity index is 426. The first-order chi connectivity index (χ1) is 8.38. The Kier molecular flexibility index (Phi) is 3.27. The maximum absolute atomic E-state index is 12.8. The van der Waals surface area contributed by atoms with Gasteiger partial charge in [0.25, 0.3) is 0 Å². The molecule has 5 heteroatoms. The molecular formula is C13H16F3NO. The van der Waals surface area contributed by atoms with Gasteiger partial charge in [-0.05, 0) is 37.5 Å². The highest BCUT2D eigenvalue weighted by molar-refractivity contribution is 5.31. The molecule has 1 N–H and O–H groups in total. The Morgan fingerprint density at radius 3 is 2.50 bits per heavy atom. The topological polar surface area (TPSA) is 21.3 Å². The van der Waals surface area contributed by atoms with E-state index < -0.39 is 11.7 Å². The first-order valence-electron chi connectivity index (χ1n) is 5.86. The van der Waals surface area contributed by atoms with Gasteiger partial charge < -0.3 is 4.74 Å². The molecule has 0 bridgehead atoms. The molecule has 18 heavy (non-hydrogen) atoms. The summed E-state index contributed by atoms with van der Waals surface area (Å²) in [5.41, 5.74) is -0.889. The van der Waals surface area contributed by atoms with Gasteiger partial charge in [-0.25, -0.2) is 0 Å². The Labute approximate surface area is 104 Å². The third kappa shape index (κ3) is 2.46. The molecule has 1 aromatic carbocycles. The number of hydrogen-bond donors (Lipinski definition) is 1. The zero-order chi connectivity index (χ0) is 13.4. The summed E-state index contributed by atoms with van der Waals surface area (Å²) in [6.07, 6.45) is -3.87. The summed E-state index contributed by atoms with van der Waals surface area (Å²) in [6.45, 7) is 1.74. The van der Waals surface area contributed by atoms with Crippen LogP contribution in [-0.4, -0.2) is 18.8 Å². The minimum Gasteiger partial charge on any atom is -0.497 e. The molecule has 1 aliphatic carbocycles. The molecule has 1 aliphatic rings. The molecule has 0 heterocycles. The Morgan fingerprint density at radius 1 is 1.33 bits per heavy atom. The van der Waals surface area contributed by atoms with Crippen LogP contribution >= 0.6 is 0 Å². The second kappa shape index (κ2) is 4.46. The molecule has 0 aromatic heterocycles. The van der Waals surface area contributed by atoms with Crippen molar-refractivity contribution in [3.8, 4) is 5.75 Å². The molecule has 0 radical (unpaired) electrons. The fourth-order valence-electron chi connectivity index (χ4n) is 2.04. The average molecular weight is 259 g/mol. The minimum absolute atomic E-state index is 0.158. The highest BCUT2D eigenvalue weighted by Gasteiger charge is 2.63. The quantitative estimate of drug-likeness (QED) is 0.894. The van der Waals surface area contributed by atoms with Crippen molar-refractivity contribution in [1.82, 2.24) is 5.32 Å². The van der Waals surface area contributed by atoms with Crippen molar-refractivity contribution in [2.75, 3.05) is 7.11 Å². The van der Waals surface area contributed by atoms with E-state index in [0.717, 1.165) is 5.56 Å². The van der Waals surface area contributed by atoms with Gasteiger partial charge in [-0.2, -0.15) is 13.2 Å². The maximum atomic E-state index is 12.8. The normalized spacial score (nSPS) is 19.4. The molecule has 0 saturated heterocycles. The Balaban J connectivity index is 2.10. The maximum Gasteiger partial charge on any atom is 0.406 e. The summed E-state index contributed by atoms with van der Waals surface area (Å²) in [7, 11) is 1.54. The van der Waals surface area contributed by atoms with Gasteiger partial charge in [-0.3, -0.25) is 5.32 Å². The molecular weight excluding hydrogens is 243 g/mol. The summed E-state index contributed by atoms with van der Waals surface area (Å²) in [6, 6.07) is 6.74. The summed E-state index contributed by atoms with van der Waals surface area (Å²) >= 11 is 0. The lowest BCUT2D eigenvalue weighted by Gasteiger charge is -2.25. The highest BCUT2D eigenvalue weighted by Crippen LogP contribution is 2.50. The van der Waals surface area contributed by atoms with Gasteiger partial charge in [0.15, 0.2) is 0 Å². The number of rotatable bonds is 4. The lowest BCUT2D eigenvalue weighted by Crippen LogP contribution is -2.45. The third-order valence-electron chi connectivity index (χ3n) is 3.38. The first kappa shape index (κ1) is 13.2. The van der Waals surface area contributed by atoms with Crippen molar-refractivity contribution in [2.45, 2.75) is 37.5 Å². The van der Waals surface area contributed by atoms with Crippen molar-refractivity contribution in [3.63, 3.8) is 0 Å². The van der Waals surface area contributed by atoms with E-state index in [2.05, 4.69) is 5.32 Å². The van der Waals surface area contributed by atoms with Crippen LogP contribution in [0.25, 0.3) is 0 Å². The molecule has 0 spiro atoms. The molecule has 1 unspecified atom stereocenters. The summed E-state index contributed by atoms with van der Waals surface area (Å²) in [4.78, 5) is 0. The van der Waals surface area contributed by atoms with Crippen LogP contribution in [0.4, 0.5) is 13.2 Å². The Hall–Kier alpha value is -1.23. The lowest BCUT2D eigenvalue weighted by atomic mass is 10.1. The summed E-state index contributed by atoms with van der Waals surface area (Å²) < 4.78 is 43.6. The van der Waals surface area contributed by atoms with Gasteiger partial charge in [0.1, 0.15) is 11.3 Å². The number of ether oxygens (including phenoxy) is 1. The molecule has 0 amide bonds. The number of alkyl halides is 3. The second-order valence-corrected chi connectivity index (χ2v) is 4.72. The lowest BCUT2D eigenvalue weighted by molar-refractivity contribution is -0.167. The monoisotopic (exact) mass is 259 g/mol. The molecule has 2 rings (SSSR count). The van der Waals surface area contributed by atoms with Gasteiger partial charge in [-0.1, -0.05) is 12.1 Å². The first-order valence-corrected chi connectivity index (χ1v) is 5.86. The van der Waals surface area contributed by atoms with Gasteiger partial charge in [-0.15, -0.1) is 0 Å². The molecule has 0 aliphatic heterocycles. The number of halogens is 3. The van der Waals surface area contributed by atoms with Gasteiger partial charge >= 0.3 is 6.18 Å². The van der Waals surface area contributed by atoms with E-state index in [-0.39, 0.29) is 18.9 Å². The fourth-order valence-corrected chi connectivity index (χ4v) is 2.04. The van der Waals surface area contributed by atoms with Crippen LogP contribution < -0.4 is 10.1 Å². The second-order valence-electron chi connectivity index (χ2n) is 4.72. The summed E-state index contributed by atoms with van der Waals surface area (Å²) in [5, 5.41) is 2.69. The zero-order valence-corrected chi connectivity index (χ0v) is 10.3. The van der Waals surface area contributed by atoms with E-state index in [0.29, 0.717) is 5.75 Å². The zero-order valence-electron chi connectivity index (χ0n) is 10.3. The fraction of sp³-hybridized carbons (Fsp3) is 0.538. The van der Waals surface area contributed by atoms with Gasteiger partial charge in [0.2, 0.25) is 0 Å². The van der Waals surface area contributed by atoms with Crippen molar-refractivity contribution in [2.24, 2.45) is 0 Å². The summed E-state index contributed by atoms with van der Waals surface area (Å²) in [5.74, 6) is 0.651. The largest absolute Gasteiger partial charge is 0.497 e. The molecule has 1 saturated carbocycles. The van der Waals surface area contributed by atoms with Crippen molar-refractivity contribution < 1.29 is 17.9 Å². The van der Waals surface area contributed by atoms with Crippen LogP contribution in [0, 0.1) is 0 Å². The molecule has 100 valence electrons. The van der Waals surface area contributed by atoms with Crippen LogP contribution in [0.2, 0.25) is 0 Å². The number of methoxy groups -OCH3 is 1. The van der Waals surface area contributed by atoms with E-state index in [1.807, 2.05) is 0 Å². The van der Waals surface area contributed by atoms with Gasteiger partial charge in [0.05, 0.1) is 7.11 Å². The van der Waals surface area contributed by atoms with Crippen LogP contribution in [0.15, 0.2) is 24.3 Å². The predicted molar refractivity (Wildman–Crippen MR) is 62.6 cm³/mol. The minimum atomic E-state index is -4.18. The smallest absolute Gasteiger partial charge is 0.406 e. The number of hydrogen-bond acceptors (Lipinski definition) is 2. The average Bonchev–Trinajstić information content (AvgIpc) is 3.09. The van der Waals surface area contributed by atoms with Crippen molar-refractivity contribution in [1.29, 1.82) is 0 Å². The number of benzene rings is 1. The van der Waals surface area contributed by atoms with Crippen LogP contribution in [0.5, 0.6) is 5.75 Å². The Morgan fingerprint density at radius 2 is 2.00 bits per heavy atom. The van der Waals surface area contributed by atoms with Crippen LogP contribution in [0.1, 0.15) is 31.4 Å². The van der Waals surface area contributed by atoms with E-state index in [4.69, 9.17) is 4.74 Å². The molecule has 1 atom stereocenters. The predicted octanol–water partition coefficient (Wildman–Crippen LogP) is 3.44. The SMILES string of the molecule is COc1cccc(C(C)NC2(C(F)(F)F)CC2)c1. The molecule has 1 fully saturated rings. The van der Waals surface area contributed by atoms with E-state index in [9.17, 15) is 13.2 Å². The number of nitrogens with one attached hydrogen (secondary N) is 1.